The molecule has 3 aromatic rings. The number of fused-ring (bicyclic) bond motifs is 1. The summed E-state index contributed by atoms with van der Waals surface area (Å²) in [5, 5.41) is 6.95. The zero-order valence-electron chi connectivity index (χ0n) is 12.1. The lowest BCUT2D eigenvalue weighted by atomic mass is 10.0. The van der Waals surface area contributed by atoms with Crippen molar-refractivity contribution in [2.75, 3.05) is 0 Å². The van der Waals surface area contributed by atoms with Gasteiger partial charge in [0.25, 0.3) is 0 Å². The second-order valence-corrected chi connectivity index (χ2v) is 5.70. The molecule has 0 saturated heterocycles. The summed E-state index contributed by atoms with van der Waals surface area (Å²) in [6, 6.07) is 8.50. The quantitative estimate of drug-likeness (QED) is 0.703. The van der Waals surface area contributed by atoms with Gasteiger partial charge in [-0.2, -0.15) is 13.2 Å². The van der Waals surface area contributed by atoms with Gasteiger partial charge < -0.3 is 0 Å². The lowest BCUT2D eigenvalue weighted by Gasteiger charge is -2.10. The zero-order valence-corrected chi connectivity index (χ0v) is 12.9. The van der Waals surface area contributed by atoms with Crippen LogP contribution >= 0.6 is 11.6 Å². The average Bonchev–Trinajstić information content (AvgIpc) is 2.95. The van der Waals surface area contributed by atoms with Crippen LogP contribution in [0.1, 0.15) is 16.7 Å². The van der Waals surface area contributed by atoms with Crippen molar-refractivity contribution in [2.45, 2.75) is 19.0 Å². The van der Waals surface area contributed by atoms with E-state index >= 15 is 0 Å². The zero-order chi connectivity index (χ0) is 17.3. The molecule has 0 aliphatic heterocycles. The third kappa shape index (κ3) is 3.56. The summed E-state index contributed by atoms with van der Waals surface area (Å²) < 4.78 is 43.1. The van der Waals surface area contributed by atoms with Gasteiger partial charge in [-0.3, -0.25) is 4.79 Å². The predicted octanol–water partition coefficient (Wildman–Crippen LogP) is 4.25. The first-order chi connectivity index (χ1) is 11.3. The Balaban J connectivity index is 1.75. The monoisotopic (exact) mass is 354 g/mol. The van der Waals surface area contributed by atoms with Crippen molar-refractivity contribution in [3.05, 3.63) is 58.1 Å². The van der Waals surface area contributed by atoms with Crippen molar-refractivity contribution in [2.24, 2.45) is 0 Å². The summed E-state index contributed by atoms with van der Waals surface area (Å²) in [5.74, 6) is -0.221. The summed E-state index contributed by atoms with van der Waals surface area (Å²) in [6.45, 7) is 0. The Bertz CT molecular complexity index is 906. The first-order valence-electron chi connectivity index (χ1n) is 6.91. The summed E-state index contributed by atoms with van der Waals surface area (Å²) in [6.07, 6.45) is -4.59. The summed E-state index contributed by atoms with van der Waals surface area (Å²) in [5.41, 5.74) is 1.10. The topological polar surface area (TPSA) is 56.0 Å². The van der Waals surface area contributed by atoms with Crippen LogP contribution in [0.25, 0.3) is 11.0 Å². The van der Waals surface area contributed by atoms with Crippen molar-refractivity contribution < 1.29 is 22.6 Å². The average molecular weight is 355 g/mol. The number of carbonyl (C=O) groups is 1. The van der Waals surface area contributed by atoms with E-state index in [9.17, 15) is 18.0 Å². The molecular formula is C16H10ClF3N2O2. The van der Waals surface area contributed by atoms with Crippen LogP contribution in [0.5, 0.6) is 0 Å². The fourth-order valence-corrected chi connectivity index (χ4v) is 2.58. The van der Waals surface area contributed by atoms with Gasteiger partial charge in [0, 0.05) is 12.8 Å². The van der Waals surface area contributed by atoms with Gasteiger partial charge in [-0.15, -0.1) is 0 Å². The molecule has 0 unspecified atom stereocenters. The summed E-state index contributed by atoms with van der Waals surface area (Å²) >= 11 is 5.57. The van der Waals surface area contributed by atoms with Crippen LogP contribution < -0.4 is 0 Å². The molecule has 24 heavy (non-hydrogen) atoms. The van der Waals surface area contributed by atoms with Crippen molar-refractivity contribution >= 4 is 28.4 Å². The minimum absolute atomic E-state index is 0.0762. The standard InChI is InChI=1S/C16H10ClF3N2O2/c17-13-3-1-9(7-12(13)16(18,19)20)5-11(23)6-10-2-4-14-15(8-10)22-24-21-14/h1-4,7-8H,5-6H2. The number of nitrogens with zero attached hydrogens (tertiary/aromatic N) is 2. The molecule has 0 atom stereocenters. The first-order valence-corrected chi connectivity index (χ1v) is 7.29. The molecule has 1 heterocycles. The Kier molecular flexibility index (Phi) is 4.28. The van der Waals surface area contributed by atoms with Gasteiger partial charge in [0.15, 0.2) is 0 Å². The number of benzene rings is 2. The summed E-state index contributed by atoms with van der Waals surface area (Å²) in [4.78, 5) is 12.1. The van der Waals surface area contributed by atoms with Crippen LogP contribution in [-0.4, -0.2) is 16.1 Å². The number of aromatic nitrogens is 2. The fourth-order valence-electron chi connectivity index (χ4n) is 2.36. The molecule has 0 fully saturated rings. The van der Waals surface area contributed by atoms with Crippen molar-refractivity contribution in [1.82, 2.24) is 10.3 Å². The van der Waals surface area contributed by atoms with Gasteiger partial charge >= 0.3 is 6.18 Å². The van der Waals surface area contributed by atoms with Crippen LogP contribution in [0.3, 0.4) is 0 Å². The molecule has 124 valence electrons. The van der Waals surface area contributed by atoms with Gasteiger partial charge in [-0.25, -0.2) is 4.63 Å². The lowest BCUT2D eigenvalue weighted by Crippen LogP contribution is -2.10. The molecule has 1 aromatic heterocycles. The highest BCUT2D eigenvalue weighted by Crippen LogP contribution is 2.35. The number of hydrogen-bond acceptors (Lipinski definition) is 4. The molecule has 0 saturated carbocycles. The van der Waals surface area contributed by atoms with Gasteiger partial charge in [-0.05, 0) is 45.7 Å². The Labute approximate surface area is 139 Å². The van der Waals surface area contributed by atoms with Crippen LogP contribution in [0, 0.1) is 0 Å². The lowest BCUT2D eigenvalue weighted by molar-refractivity contribution is -0.137. The van der Waals surface area contributed by atoms with Crippen LogP contribution in [0.2, 0.25) is 5.02 Å². The second-order valence-electron chi connectivity index (χ2n) is 5.29. The largest absolute Gasteiger partial charge is 0.417 e. The van der Waals surface area contributed by atoms with Crippen LogP contribution in [0.4, 0.5) is 13.2 Å². The van der Waals surface area contributed by atoms with Gasteiger partial charge in [0.05, 0.1) is 10.6 Å². The van der Waals surface area contributed by atoms with Gasteiger partial charge in [0.2, 0.25) is 0 Å². The molecule has 0 aliphatic rings. The molecule has 3 rings (SSSR count). The third-order valence-electron chi connectivity index (χ3n) is 3.46. The number of alkyl halides is 3. The smallest absolute Gasteiger partial charge is 0.299 e. The van der Waals surface area contributed by atoms with Crippen molar-refractivity contribution in [1.29, 1.82) is 0 Å². The molecule has 0 aliphatic carbocycles. The minimum Gasteiger partial charge on any atom is -0.299 e. The number of rotatable bonds is 4. The van der Waals surface area contributed by atoms with Crippen molar-refractivity contribution in [3.63, 3.8) is 0 Å². The highest BCUT2D eigenvalue weighted by Gasteiger charge is 2.33. The van der Waals surface area contributed by atoms with E-state index in [0.29, 0.717) is 16.6 Å². The Morgan fingerprint density at radius 3 is 2.33 bits per heavy atom. The molecular weight excluding hydrogens is 345 g/mol. The van der Waals surface area contributed by atoms with E-state index in [1.165, 1.54) is 6.07 Å². The molecule has 2 aromatic carbocycles. The molecule has 8 heteroatoms. The second kappa shape index (κ2) is 6.24. The normalized spacial score (nSPS) is 11.8. The third-order valence-corrected chi connectivity index (χ3v) is 3.79. The Morgan fingerprint density at radius 2 is 1.62 bits per heavy atom. The molecule has 0 N–H and O–H groups in total. The maximum atomic E-state index is 12.8. The molecule has 0 bridgehead atoms. The number of ketones is 1. The summed E-state index contributed by atoms with van der Waals surface area (Å²) in [7, 11) is 0. The Morgan fingerprint density at radius 1 is 1.00 bits per heavy atom. The number of carbonyl (C=O) groups excluding carboxylic acids is 1. The van der Waals surface area contributed by atoms with Crippen LogP contribution in [0.15, 0.2) is 41.0 Å². The van der Waals surface area contributed by atoms with E-state index in [4.69, 9.17) is 11.6 Å². The molecule has 0 radical (unpaired) electrons. The van der Waals surface area contributed by atoms with E-state index in [1.807, 2.05) is 0 Å². The first kappa shape index (κ1) is 16.4. The highest BCUT2D eigenvalue weighted by atomic mass is 35.5. The Hall–Kier alpha value is -2.41. The van der Waals surface area contributed by atoms with E-state index in [1.54, 1.807) is 18.2 Å². The SMILES string of the molecule is O=C(Cc1ccc(Cl)c(C(F)(F)F)c1)Cc1ccc2nonc2c1. The number of Topliss-reactive ketones (excluding diaryl/α,β-unsaturated/α-hetero) is 1. The van der Waals surface area contributed by atoms with Gasteiger partial charge in [-0.1, -0.05) is 23.7 Å². The molecule has 4 nitrogen and oxygen atoms in total. The van der Waals surface area contributed by atoms with E-state index < -0.39 is 11.7 Å². The molecule has 0 amide bonds. The number of halogens is 4. The van der Waals surface area contributed by atoms with E-state index in [0.717, 1.165) is 12.1 Å². The predicted molar refractivity (Wildman–Crippen MR) is 80.7 cm³/mol. The fraction of sp³-hybridized carbons (Fsp3) is 0.188. The maximum Gasteiger partial charge on any atom is 0.417 e. The van der Waals surface area contributed by atoms with Gasteiger partial charge in [0.1, 0.15) is 16.8 Å². The van der Waals surface area contributed by atoms with Crippen LogP contribution in [-0.2, 0) is 23.8 Å². The van der Waals surface area contributed by atoms with E-state index in [2.05, 4.69) is 14.9 Å². The van der Waals surface area contributed by atoms with E-state index in [-0.39, 0.29) is 29.2 Å². The molecule has 0 spiro atoms. The van der Waals surface area contributed by atoms with Crippen molar-refractivity contribution in [3.8, 4) is 0 Å². The minimum atomic E-state index is -4.55. The number of hydrogen-bond donors (Lipinski definition) is 0. The maximum absolute atomic E-state index is 12.8. The highest BCUT2D eigenvalue weighted by molar-refractivity contribution is 6.31.